The van der Waals surface area contributed by atoms with Crippen molar-refractivity contribution in [2.24, 2.45) is 11.8 Å². The Morgan fingerprint density at radius 2 is 1.70 bits per heavy atom. The van der Waals surface area contributed by atoms with Gasteiger partial charge in [-0.3, -0.25) is 0 Å². The topological polar surface area (TPSA) is 0 Å². The highest BCUT2D eigenvalue weighted by Gasteiger charge is 2.00. The Bertz CT molecular complexity index is 141. The zero-order valence-corrected chi connectivity index (χ0v) is 7.73. The van der Waals surface area contributed by atoms with E-state index in [1.54, 1.807) is 0 Å². The van der Waals surface area contributed by atoms with Crippen LogP contribution in [0.4, 0.5) is 0 Å². The maximum atomic E-state index is 3.22. The van der Waals surface area contributed by atoms with Gasteiger partial charge in [-0.25, -0.2) is 0 Å². The molecule has 0 fully saturated rings. The Hall–Kier alpha value is -0.480. The molecule has 1 unspecified atom stereocenters. The van der Waals surface area contributed by atoms with Crippen LogP contribution >= 0.6 is 0 Å². The van der Waals surface area contributed by atoms with Crippen LogP contribution in [0.5, 0.6) is 0 Å². The van der Waals surface area contributed by atoms with Crippen molar-refractivity contribution >= 4 is 0 Å². The van der Waals surface area contributed by atoms with Crippen LogP contribution in [0.1, 0.15) is 34.6 Å². The predicted molar refractivity (Wildman–Crippen MR) is 46.9 cm³/mol. The van der Waals surface area contributed by atoms with E-state index >= 15 is 0 Å². The van der Waals surface area contributed by atoms with Crippen LogP contribution in [0.25, 0.3) is 0 Å². The molecule has 0 aliphatic carbocycles. The summed E-state index contributed by atoms with van der Waals surface area (Å²) in [5, 5.41) is 0. The molecule has 0 N–H and O–H groups in total. The summed E-state index contributed by atoms with van der Waals surface area (Å²) in [5.74, 6) is 1.38. The first-order chi connectivity index (χ1) is 4.54. The molecule has 0 heteroatoms. The highest BCUT2D eigenvalue weighted by Crippen LogP contribution is 2.09. The largest absolute Gasteiger partial charge is 0.126 e. The van der Waals surface area contributed by atoms with E-state index in [-0.39, 0.29) is 0 Å². The van der Waals surface area contributed by atoms with Crippen LogP contribution in [0.3, 0.4) is 0 Å². The lowest BCUT2D eigenvalue weighted by Crippen LogP contribution is -1.98. The van der Waals surface area contributed by atoms with E-state index in [2.05, 4.69) is 46.4 Å². The average Bonchev–Trinajstić information content (AvgIpc) is 1.82. The smallest absolute Gasteiger partial charge is 0.0163 e. The van der Waals surface area contributed by atoms with E-state index in [9.17, 15) is 0 Å². The lowest BCUT2D eigenvalue weighted by molar-refractivity contribution is 0.504. The van der Waals surface area contributed by atoms with E-state index in [0.29, 0.717) is 5.92 Å². The van der Waals surface area contributed by atoms with Gasteiger partial charge < -0.3 is 0 Å². The van der Waals surface area contributed by atoms with Crippen LogP contribution in [-0.4, -0.2) is 0 Å². The van der Waals surface area contributed by atoms with Crippen molar-refractivity contribution in [2.75, 3.05) is 0 Å². The summed E-state index contributed by atoms with van der Waals surface area (Å²) in [5.41, 5.74) is 4.48. The second kappa shape index (κ2) is 4.35. The van der Waals surface area contributed by atoms with Crippen molar-refractivity contribution < 1.29 is 0 Å². The van der Waals surface area contributed by atoms with Crippen molar-refractivity contribution in [1.29, 1.82) is 0 Å². The van der Waals surface area contributed by atoms with E-state index in [0.717, 1.165) is 5.92 Å². The highest BCUT2D eigenvalue weighted by molar-refractivity contribution is 4.96. The van der Waals surface area contributed by atoms with Gasteiger partial charge in [-0.2, -0.15) is 0 Å². The monoisotopic (exact) mass is 138 g/mol. The molecule has 0 aromatic rings. The fraction of sp³-hybridized carbons (Fsp3) is 0.700. The summed E-state index contributed by atoms with van der Waals surface area (Å²) in [6, 6.07) is 0. The minimum absolute atomic E-state index is 0.648. The molecule has 0 aliphatic heterocycles. The molecule has 0 radical (unpaired) electrons. The molecule has 0 amide bonds. The van der Waals surface area contributed by atoms with E-state index < -0.39 is 0 Å². The quantitative estimate of drug-likeness (QED) is 0.513. The Kier molecular flexibility index (Phi) is 4.14. The normalized spacial score (nSPS) is 12.6. The first-order valence-corrected chi connectivity index (χ1v) is 3.94. The minimum Gasteiger partial charge on any atom is -0.126 e. The number of hydrogen-bond acceptors (Lipinski definition) is 0. The summed E-state index contributed by atoms with van der Waals surface area (Å²) in [7, 11) is 0. The molecule has 58 valence electrons. The maximum absolute atomic E-state index is 3.22. The molecule has 0 spiro atoms. The molecule has 0 saturated heterocycles. The van der Waals surface area contributed by atoms with Crippen molar-refractivity contribution in [1.82, 2.24) is 0 Å². The van der Waals surface area contributed by atoms with Gasteiger partial charge in [0.25, 0.3) is 0 Å². The second-order valence-corrected chi connectivity index (χ2v) is 3.41. The second-order valence-electron chi connectivity index (χ2n) is 3.41. The van der Waals surface area contributed by atoms with Crippen LogP contribution in [-0.2, 0) is 0 Å². The van der Waals surface area contributed by atoms with E-state index in [1.807, 2.05) is 0 Å². The average molecular weight is 138 g/mol. The molecule has 0 heterocycles. The van der Waals surface area contributed by atoms with E-state index in [4.69, 9.17) is 0 Å². The SMILES string of the molecule is CC(C)=C=CC(C)C(C)C. The third kappa shape index (κ3) is 4.40. The van der Waals surface area contributed by atoms with Crippen LogP contribution in [0.15, 0.2) is 17.4 Å². The summed E-state index contributed by atoms with van der Waals surface area (Å²) in [6.07, 6.45) is 2.15. The first-order valence-electron chi connectivity index (χ1n) is 3.94. The summed E-state index contributed by atoms with van der Waals surface area (Å²) < 4.78 is 0. The van der Waals surface area contributed by atoms with E-state index in [1.165, 1.54) is 5.57 Å². The predicted octanol–water partition coefficient (Wildman–Crippen LogP) is 3.40. The molecule has 10 heavy (non-hydrogen) atoms. The van der Waals surface area contributed by atoms with Gasteiger partial charge in [-0.1, -0.05) is 20.8 Å². The lowest BCUT2D eigenvalue weighted by atomic mass is 9.98. The fourth-order valence-electron chi connectivity index (χ4n) is 0.491. The Labute approximate surface area is 64.6 Å². The summed E-state index contributed by atoms with van der Waals surface area (Å²) >= 11 is 0. The third-order valence-electron chi connectivity index (χ3n) is 1.69. The van der Waals surface area contributed by atoms with Crippen molar-refractivity contribution in [3.8, 4) is 0 Å². The van der Waals surface area contributed by atoms with Gasteiger partial charge in [0, 0.05) is 0 Å². The van der Waals surface area contributed by atoms with Crippen molar-refractivity contribution in [3.05, 3.63) is 17.4 Å². The van der Waals surface area contributed by atoms with Gasteiger partial charge in [0.15, 0.2) is 0 Å². The third-order valence-corrected chi connectivity index (χ3v) is 1.69. The molecular weight excluding hydrogens is 120 g/mol. The van der Waals surface area contributed by atoms with Crippen LogP contribution < -0.4 is 0 Å². The van der Waals surface area contributed by atoms with Crippen molar-refractivity contribution in [2.45, 2.75) is 34.6 Å². The van der Waals surface area contributed by atoms with Crippen molar-refractivity contribution in [3.63, 3.8) is 0 Å². The van der Waals surface area contributed by atoms with Crippen LogP contribution in [0, 0.1) is 11.8 Å². The first kappa shape index (κ1) is 9.52. The zero-order chi connectivity index (χ0) is 8.15. The lowest BCUT2D eigenvalue weighted by Gasteiger charge is -2.07. The fourth-order valence-corrected chi connectivity index (χ4v) is 0.491. The molecule has 0 aromatic carbocycles. The van der Waals surface area contributed by atoms with Gasteiger partial charge in [0.05, 0.1) is 0 Å². The molecule has 0 saturated carbocycles. The number of rotatable bonds is 2. The summed E-state index contributed by atoms with van der Waals surface area (Å²) in [6.45, 7) is 10.8. The van der Waals surface area contributed by atoms with Gasteiger partial charge in [-0.15, -0.1) is 5.73 Å². The molecule has 1 atom stereocenters. The maximum Gasteiger partial charge on any atom is -0.0163 e. The Balaban J connectivity index is 4.02. The Morgan fingerprint density at radius 1 is 1.20 bits per heavy atom. The minimum atomic E-state index is 0.648. The van der Waals surface area contributed by atoms with Gasteiger partial charge >= 0.3 is 0 Å². The molecule has 0 aliphatic rings. The zero-order valence-electron chi connectivity index (χ0n) is 7.73. The molecule has 0 nitrogen and oxygen atoms in total. The van der Waals surface area contributed by atoms with Gasteiger partial charge in [0.2, 0.25) is 0 Å². The molecule has 0 aromatic heterocycles. The number of allylic oxidation sites excluding steroid dienone is 1. The number of hydrogen-bond donors (Lipinski definition) is 0. The Morgan fingerprint density at radius 3 is 2.00 bits per heavy atom. The molecule has 0 rings (SSSR count). The standard InChI is InChI=1S/C10H18/c1-8(2)6-7-10(5)9(3)4/h7,9-10H,1-5H3. The highest BCUT2D eigenvalue weighted by atomic mass is 14.0. The summed E-state index contributed by atoms with van der Waals surface area (Å²) in [4.78, 5) is 0. The molecular formula is C10H18. The van der Waals surface area contributed by atoms with Gasteiger partial charge in [0.1, 0.15) is 0 Å². The molecule has 0 bridgehead atoms. The van der Waals surface area contributed by atoms with Gasteiger partial charge in [-0.05, 0) is 37.3 Å². The van der Waals surface area contributed by atoms with Crippen LogP contribution in [0.2, 0.25) is 0 Å².